The van der Waals surface area contributed by atoms with Gasteiger partial charge in [-0.25, -0.2) is 0 Å². The van der Waals surface area contributed by atoms with Crippen LogP contribution in [0.2, 0.25) is 0 Å². The zero-order valence-corrected chi connectivity index (χ0v) is 11.1. The Morgan fingerprint density at radius 2 is 1.95 bits per heavy atom. The lowest BCUT2D eigenvalue weighted by Crippen LogP contribution is -2.31. The van der Waals surface area contributed by atoms with E-state index >= 15 is 0 Å². The number of hydrogen-bond acceptors (Lipinski definition) is 3. The van der Waals surface area contributed by atoms with Crippen molar-refractivity contribution in [3.05, 3.63) is 42.1 Å². The zero-order chi connectivity index (χ0) is 14.1. The molecule has 0 aliphatic carbocycles. The smallest absolute Gasteiger partial charge is 0.253 e. The van der Waals surface area contributed by atoms with Crippen molar-refractivity contribution in [1.29, 1.82) is 0 Å². The highest BCUT2D eigenvalue weighted by Crippen LogP contribution is 2.24. The van der Waals surface area contributed by atoms with Crippen molar-refractivity contribution in [1.82, 2.24) is 9.88 Å². The quantitative estimate of drug-likeness (QED) is 0.859. The molecule has 0 fully saturated rings. The number of nitrogens with one attached hydrogen (secondary N) is 1. The van der Waals surface area contributed by atoms with E-state index in [4.69, 9.17) is 4.74 Å². The van der Waals surface area contributed by atoms with Crippen LogP contribution in [-0.2, 0) is 16.0 Å². The molecule has 5 heteroatoms. The highest BCUT2D eigenvalue weighted by molar-refractivity contribution is 6.12. The summed E-state index contributed by atoms with van der Waals surface area (Å²) in [4.78, 5) is 27.4. The molecule has 0 radical (unpaired) electrons. The van der Waals surface area contributed by atoms with Crippen LogP contribution in [0, 0.1) is 0 Å². The van der Waals surface area contributed by atoms with Crippen molar-refractivity contribution in [3.8, 4) is 5.75 Å². The second-order valence-corrected chi connectivity index (χ2v) is 4.64. The molecule has 0 atom stereocenters. The molecule has 5 nitrogen and oxygen atoms in total. The number of hydrogen-bond donors (Lipinski definition) is 1. The summed E-state index contributed by atoms with van der Waals surface area (Å²) in [6.45, 7) is 0.384. The molecule has 0 bridgehead atoms. The van der Waals surface area contributed by atoms with E-state index in [1.807, 2.05) is 24.4 Å². The summed E-state index contributed by atoms with van der Waals surface area (Å²) in [5.74, 6) is 0.299. The number of nitrogens with zero attached hydrogens (tertiary/aromatic N) is 1. The van der Waals surface area contributed by atoms with Crippen LogP contribution < -0.4 is 4.74 Å². The summed E-state index contributed by atoms with van der Waals surface area (Å²) < 4.78 is 5.22. The molecule has 1 aromatic heterocycles. The number of imide groups is 1. The minimum atomic E-state index is -0.243. The maximum absolute atomic E-state index is 11.5. The highest BCUT2D eigenvalue weighted by atomic mass is 16.5. The van der Waals surface area contributed by atoms with E-state index in [9.17, 15) is 9.59 Å². The minimum absolute atomic E-state index is 0.243. The van der Waals surface area contributed by atoms with E-state index in [1.54, 1.807) is 7.11 Å². The van der Waals surface area contributed by atoms with Crippen molar-refractivity contribution in [2.75, 3.05) is 13.7 Å². The van der Waals surface area contributed by atoms with Gasteiger partial charge in [0.2, 0.25) is 0 Å². The Morgan fingerprint density at radius 1 is 1.20 bits per heavy atom. The fraction of sp³-hybridized carbons (Fsp3) is 0.200. The number of carbonyl (C=O) groups is 2. The monoisotopic (exact) mass is 270 g/mol. The SMILES string of the molecule is COc1ccc2[nH]cc(CCN3C(=O)C=CC3=O)c2c1. The predicted molar refractivity (Wildman–Crippen MR) is 74.4 cm³/mol. The molecule has 3 rings (SSSR count). The summed E-state index contributed by atoms with van der Waals surface area (Å²) in [6, 6.07) is 5.79. The van der Waals surface area contributed by atoms with Crippen molar-refractivity contribution in [2.45, 2.75) is 6.42 Å². The molecule has 1 aromatic carbocycles. The van der Waals surface area contributed by atoms with Gasteiger partial charge in [0.1, 0.15) is 5.75 Å². The van der Waals surface area contributed by atoms with Gasteiger partial charge in [0.05, 0.1) is 7.11 Å². The van der Waals surface area contributed by atoms with Crippen LogP contribution in [0.15, 0.2) is 36.5 Å². The molecule has 2 amide bonds. The molecule has 0 saturated heterocycles. The first-order valence-corrected chi connectivity index (χ1v) is 6.36. The van der Waals surface area contributed by atoms with E-state index < -0.39 is 0 Å². The fourth-order valence-electron chi connectivity index (χ4n) is 2.38. The maximum Gasteiger partial charge on any atom is 0.253 e. The molecule has 2 heterocycles. The van der Waals surface area contributed by atoms with Gasteiger partial charge >= 0.3 is 0 Å². The normalized spacial score (nSPS) is 14.6. The second kappa shape index (κ2) is 4.85. The summed E-state index contributed by atoms with van der Waals surface area (Å²) in [5, 5.41) is 1.05. The largest absolute Gasteiger partial charge is 0.497 e. The zero-order valence-electron chi connectivity index (χ0n) is 11.1. The van der Waals surface area contributed by atoms with Crippen molar-refractivity contribution >= 4 is 22.7 Å². The van der Waals surface area contributed by atoms with Gasteiger partial charge in [-0.2, -0.15) is 0 Å². The third-order valence-corrected chi connectivity index (χ3v) is 3.48. The number of benzene rings is 1. The van der Waals surface area contributed by atoms with E-state index in [1.165, 1.54) is 17.1 Å². The van der Waals surface area contributed by atoms with E-state index in [-0.39, 0.29) is 11.8 Å². The Labute approximate surface area is 115 Å². The van der Waals surface area contributed by atoms with Crippen LogP contribution in [0.5, 0.6) is 5.75 Å². The predicted octanol–water partition coefficient (Wildman–Crippen LogP) is 1.64. The van der Waals surface area contributed by atoms with Crippen LogP contribution >= 0.6 is 0 Å². The first kappa shape index (κ1) is 12.5. The van der Waals surface area contributed by atoms with E-state index in [0.29, 0.717) is 13.0 Å². The lowest BCUT2D eigenvalue weighted by atomic mass is 10.1. The average molecular weight is 270 g/mol. The second-order valence-electron chi connectivity index (χ2n) is 4.64. The van der Waals surface area contributed by atoms with Gasteiger partial charge in [-0.15, -0.1) is 0 Å². The summed E-state index contributed by atoms with van der Waals surface area (Å²) in [7, 11) is 1.63. The van der Waals surface area contributed by atoms with Crippen LogP contribution in [0.25, 0.3) is 10.9 Å². The standard InChI is InChI=1S/C15H14N2O3/c1-20-11-2-3-13-12(8-11)10(9-16-13)6-7-17-14(18)4-5-15(17)19/h2-5,8-9,16H,6-7H2,1H3. The number of amides is 2. The average Bonchev–Trinajstić information content (AvgIpc) is 3.00. The van der Waals surface area contributed by atoms with Gasteiger partial charge in [-0.05, 0) is 30.2 Å². The van der Waals surface area contributed by atoms with Crippen molar-refractivity contribution < 1.29 is 14.3 Å². The number of ether oxygens (including phenoxy) is 1. The van der Waals surface area contributed by atoms with Crippen molar-refractivity contribution in [3.63, 3.8) is 0 Å². The van der Waals surface area contributed by atoms with Gasteiger partial charge in [0, 0.05) is 35.8 Å². The number of H-pyrrole nitrogens is 1. The summed E-state index contributed by atoms with van der Waals surface area (Å²) in [5.41, 5.74) is 2.07. The number of aromatic amines is 1. The first-order chi connectivity index (χ1) is 9.69. The number of carbonyl (C=O) groups excluding carboxylic acids is 2. The summed E-state index contributed by atoms with van der Waals surface area (Å²) >= 11 is 0. The molecule has 1 aliphatic rings. The van der Waals surface area contributed by atoms with Crippen LogP contribution in [0.4, 0.5) is 0 Å². The number of rotatable bonds is 4. The molecule has 0 spiro atoms. The number of methoxy groups -OCH3 is 1. The molecule has 102 valence electrons. The highest BCUT2D eigenvalue weighted by Gasteiger charge is 2.22. The molecule has 2 aromatic rings. The Kier molecular flexibility index (Phi) is 3.02. The Morgan fingerprint density at radius 3 is 2.65 bits per heavy atom. The lowest BCUT2D eigenvalue weighted by Gasteiger charge is -2.12. The van der Waals surface area contributed by atoms with Gasteiger partial charge in [-0.3, -0.25) is 14.5 Å². The van der Waals surface area contributed by atoms with Gasteiger partial charge in [-0.1, -0.05) is 0 Å². The third-order valence-electron chi connectivity index (χ3n) is 3.48. The molecule has 1 aliphatic heterocycles. The Bertz CT molecular complexity index is 697. The number of fused-ring (bicyclic) bond motifs is 1. The summed E-state index contributed by atoms with van der Waals surface area (Å²) in [6.07, 6.45) is 5.13. The molecule has 20 heavy (non-hydrogen) atoms. The molecule has 0 saturated carbocycles. The van der Waals surface area contributed by atoms with Crippen LogP contribution in [-0.4, -0.2) is 35.4 Å². The van der Waals surface area contributed by atoms with Crippen LogP contribution in [0.1, 0.15) is 5.56 Å². The van der Waals surface area contributed by atoms with Crippen molar-refractivity contribution in [2.24, 2.45) is 0 Å². The Balaban J connectivity index is 1.81. The van der Waals surface area contributed by atoms with E-state index in [2.05, 4.69) is 4.98 Å². The number of aromatic nitrogens is 1. The van der Waals surface area contributed by atoms with Gasteiger partial charge in [0.15, 0.2) is 0 Å². The minimum Gasteiger partial charge on any atom is -0.497 e. The van der Waals surface area contributed by atoms with Gasteiger partial charge in [0.25, 0.3) is 11.8 Å². The lowest BCUT2D eigenvalue weighted by molar-refractivity contribution is -0.136. The first-order valence-electron chi connectivity index (χ1n) is 6.36. The van der Waals surface area contributed by atoms with Gasteiger partial charge < -0.3 is 9.72 Å². The maximum atomic E-state index is 11.5. The molecule has 0 unspecified atom stereocenters. The van der Waals surface area contributed by atoms with E-state index in [0.717, 1.165) is 22.2 Å². The topological polar surface area (TPSA) is 62.4 Å². The fourth-order valence-corrected chi connectivity index (χ4v) is 2.38. The Hall–Kier alpha value is -2.56. The van der Waals surface area contributed by atoms with Crippen LogP contribution in [0.3, 0.4) is 0 Å². The molecule has 1 N–H and O–H groups in total. The molecular weight excluding hydrogens is 256 g/mol. The molecular formula is C15H14N2O3. The third kappa shape index (κ3) is 2.07.